The number of H-pyrrole nitrogens is 1. The van der Waals surface area contributed by atoms with Crippen LogP contribution in [0.2, 0.25) is 0 Å². The van der Waals surface area contributed by atoms with Gasteiger partial charge in [0.25, 0.3) is 5.69 Å². The molecule has 116 valence electrons. The van der Waals surface area contributed by atoms with Gasteiger partial charge in [-0.15, -0.1) is 0 Å². The molecule has 0 atom stereocenters. The van der Waals surface area contributed by atoms with Gasteiger partial charge in [0.15, 0.2) is 11.6 Å². The fraction of sp³-hybridized carbons (Fsp3) is 0.125. The molecule has 0 unspecified atom stereocenters. The minimum atomic E-state index is -0.407. The third-order valence-corrected chi connectivity index (χ3v) is 3.30. The average Bonchev–Trinajstić information content (AvgIpc) is 3.02. The van der Waals surface area contributed by atoms with E-state index < -0.39 is 4.92 Å². The topological polar surface area (TPSA) is 93.9 Å². The molecule has 0 amide bonds. The predicted octanol–water partition coefficient (Wildman–Crippen LogP) is 3.27. The Bertz CT molecular complexity index is 830. The Balaban J connectivity index is 1.74. The number of aromatic nitrogens is 3. The maximum absolute atomic E-state index is 10.8. The third kappa shape index (κ3) is 3.34. The van der Waals surface area contributed by atoms with Gasteiger partial charge in [-0.25, -0.2) is 4.98 Å². The molecule has 7 nitrogen and oxygen atoms in total. The van der Waals surface area contributed by atoms with E-state index in [1.54, 1.807) is 19.1 Å². The maximum Gasteiger partial charge on any atom is 0.272 e. The van der Waals surface area contributed by atoms with Crippen molar-refractivity contribution in [3.05, 3.63) is 70.0 Å². The molecule has 0 bridgehead atoms. The van der Waals surface area contributed by atoms with Crippen molar-refractivity contribution in [2.45, 2.75) is 13.5 Å². The van der Waals surface area contributed by atoms with E-state index >= 15 is 0 Å². The van der Waals surface area contributed by atoms with Crippen molar-refractivity contribution in [3.8, 4) is 17.1 Å². The van der Waals surface area contributed by atoms with Crippen molar-refractivity contribution in [2.75, 3.05) is 0 Å². The minimum absolute atomic E-state index is 0.0805. The van der Waals surface area contributed by atoms with Gasteiger partial charge in [-0.2, -0.15) is 5.10 Å². The number of ether oxygens (including phenoxy) is 1. The standard InChI is InChI=1S/C16H14N4O3/c1-11-9-12(7-8-14(11)20(21)22)16-17-15(18-19-16)10-23-13-5-3-2-4-6-13/h2-9H,10H2,1H3,(H,17,18,19). The second-order valence-electron chi connectivity index (χ2n) is 4.97. The molecule has 2 aromatic carbocycles. The zero-order valence-corrected chi connectivity index (χ0v) is 12.4. The van der Waals surface area contributed by atoms with Gasteiger partial charge in [0.05, 0.1) is 4.92 Å². The number of aromatic amines is 1. The Morgan fingerprint density at radius 2 is 2.00 bits per heavy atom. The molecule has 23 heavy (non-hydrogen) atoms. The molecular weight excluding hydrogens is 296 g/mol. The SMILES string of the molecule is Cc1cc(-c2n[nH]c(COc3ccccc3)n2)ccc1[N+](=O)[O-]. The second-order valence-corrected chi connectivity index (χ2v) is 4.97. The number of rotatable bonds is 5. The van der Waals surface area contributed by atoms with Crippen molar-refractivity contribution in [3.63, 3.8) is 0 Å². The highest BCUT2D eigenvalue weighted by Crippen LogP contribution is 2.24. The Kier molecular flexibility index (Phi) is 4.01. The van der Waals surface area contributed by atoms with Gasteiger partial charge < -0.3 is 4.74 Å². The zero-order valence-electron chi connectivity index (χ0n) is 12.4. The van der Waals surface area contributed by atoms with E-state index in [0.29, 0.717) is 17.2 Å². The van der Waals surface area contributed by atoms with Crippen LogP contribution in [0, 0.1) is 17.0 Å². The summed E-state index contributed by atoms with van der Waals surface area (Å²) in [4.78, 5) is 14.8. The van der Waals surface area contributed by atoms with Crippen LogP contribution in [0.4, 0.5) is 5.69 Å². The van der Waals surface area contributed by atoms with Gasteiger partial charge in [-0.05, 0) is 31.2 Å². The molecule has 0 radical (unpaired) electrons. The first-order chi connectivity index (χ1) is 11.1. The summed E-state index contributed by atoms with van der Waals surface area (Å²) in [6, 6.07) is 14.2. The molecule has 0 spiro atoms. The zero-order chi connectivity index (χ0) is 16.2. The molecule has 0 aliphatic rings. The number of nitro benzene ring substituents is 1. The summed E-state index contributed by atoms with van der Waals surface area (Å²) in [6.45, 7) is 1.96. The van der Waals surface area contributed by atoms with E-state index in [4.69, 9.17) is 4.74 Å². The molecule has 1 N–H and O–H groups in total. The van der Waals surface area contributed by atoms with Crippen LogP contribution in [0.1, 0.15) is 11.4 Å². The highest BCUT2D eigenvalue weighted by Gasteiger charge is 2.13. The number of nitrogens with zero attached hydrogens (tertiary/aromatic N) is 3. The predicted molar refractivity (Wildman–Crippen MR) is 84.0 cm³/mol. The van der Waals surface area contributed by atoms with Crippen LogP contribution < -0.4 is 4.74 Å². The van der Waals surface area contributed by atoms with Crippen LogP contribution in [0.5, 0.6) is 5.75 Å². The number of hydrogen-bond donors (Lipinski definition) is 1. The summed E-state index contributed by atoms with van der Waals surface area (Å²) in [5, 5.41) is 17.8. The number of aryl methyl sites for hydroxylation is 1. The van der Waals surface area contributed by atoms with Crippen molar-refractivity contribution >= 4 is 5.69 Å². The van der Waals surface area contributed by atoms with Crippen LogP contribution in [0.3, 0.4) is 0 Å². The molecule has 7 heteroatoms. The fourth-order valence-corrected chi connectivity index (χ4v) is 2.16. The van der Waals surface area contributed by atoms with E-state index in [1.807, 2.05) is 30.3 Å². The number of benzene rings is 2. The fourth-order valence-electron chi connectivity index (χ4n) is 2.16. The second kappa shape index (κ2) is 6.27. The Morgan fingerprint density at radius 1 is 1.22 bits per heavy atom. The van der Waals surface area contributed by atoms with Crippen molar-refractivity contribution in [2.24, 2.45) is 0 Å². The summed E-state index contributed by atoms with van der Waals surface area (Å²) < 4.78 is 5.59. The van der Waals surface area contributed by atoms with Crippen molar-refractivity contribution in [1.82, 2.24) is 15.2 Å². The van der Waals surface area contributed by atoms with Gasteiger partial charge in [0.2, 0.25) is 0 Å². The van der Waals surface area contributed by atoms with Crippen LogP contribution in [-0.2, 0) is 6.61 Å². The Morgan fingerprint density at radius 3 is 2.70 bits per heavy atom. The van der Waals surface area contributed by atoms with Crippen LogP contribution in [0.15, 0.2) is 48.5 Å². The van der Waals surface area contributed by atoms with Gasteiger partial charge in [-0.3, -0.25) is 15.2 Å². The number of para-hydroxylation sites is 1. The molecule has 0 fully saturated rings. The minimum Gasteiger partial charge on any atom is -0.486 e. The molecule has 0 aliphatic carbocycles. The van der Waals surface area contributed by atoms with Crippen molar-refractivity contribution in [1.29, 1.82) is 0 Å². The van der Waals surface area contributed by atoms with Gasteiger partial charge >= 0.3 is 0 Å². The number of nitrogens with one attached hydrogen (secondary N) is 1. The van der Waals surface area contributed by atoms with Crippen LogP contribution in [0.25, 0.3) is 11.4 Å². The monoisotopic (exact) mass is 310 g/mol. The molecule has 3 aromatic rings. The van der Waals surface area contributed by atoms with Gasteiger partial charge in [0, 0.05) is 17.2 Å². The maximum atomic E-state index is 10.8. The normalized spacial score (nSPS) is 10.5. The Labute approximate surface area is 132 Å². The molecule has 3 rings (SSSR count). The molecule has 1 aromatic heterocycles. The molecule has 0 saturated heterocycles. The largest absolute Gasteiger partial charge is 0.486 e. The first-order valence-electron chi connectivity index (χ1n) is 6.98. The van der Waals surface area contributed by atoms with Gasteiger partial charge in [0.1, 0.15) is 12.4 Å². The molecule has 0 aliphatic heterocycles. The van der Waals surface area contributed by atoms with Crippen LogP contribution >= 0.6 is 0 Å². The lowest BCUT2D eigenvalue weighted by molar-refractivity contribution is -0.385. The average molecular weight is 310 g/mol. The number of nitro groups is 1. The molecule has 0 saturated carbocycles. The lowest BCUT2D eigenvalue weighted by Gasteiger charge is -2.02. The van der Waals surface area contributed by atoms with E-state index in [0.717, 1.165) is 11.3 Å². The van der Waals surface area contributed by atoms with Crippen molar-refractivity contribution < 1.29 is 9.66 Å². The summed E-state index contributed by atoms with van der Waals surface area (Å²) in [6.07, 6.45) is 0. The third-order valence-electron chi connectivity index (χ3n) is 3.30. The highest BCUT2D eigenvalue weighted by atomic mass is 16.6. The van der Waals surface area contributed by atoms with E-state index in [-0.39, 0.29) is 12.3 Å². The smallest absolute Gasteiger partial charge is 0.272 e. The van der Waals surface area contributed by atoms with Crippen LogP contribution in [-0.4, -0.2) is 20.1 Å². The molecular formula is C16H14N4O3. The lowest BCUT2D eigenvalue weighted by atomic mass is 10.1. The quantitative estimate of drug-likeness (QED) is 0.576. The first kappa shape index (κ1) is 14.7. The van der Waals surface area contributed by atoms with E-state index in [2.05, 4.69) is 15.2 Å². The molecule has 1 heterocycles. The summed E-state index contributed by atoms with van der Waals surface area (Å²) in [5.41, 5.74) is 1.37. The van der Waals surface area contributed by atoms with Gasteiger partial charge in [-0.1, -0.05) is 18.2 Å². The Hall–Kier alpha value is -3.22. The van der Waals surface area contributed by atoms with E-state index in [9.17, 15) is 10.1 Å². The summed E-state index contributed by atoms with van der Waals surface area (Å²) in [7, 11) is 0. The highest BCUT2D eigenvalue weighted by molar-refractivity contribution is 5.59. The summed E-state index contributed by atoms with van der Waals surface area (Å²) >= 11 is 0. The first-order valence-corrected chi connectivity index (χ1v) is 6.98. The lowest BCUT2D eigenvalue weighted by Crippen LogP contribution is -1.97. The van der Waals surface area contributed by atoms with E-state index in [1.165, 1.54) is 6.07 Å². The number of hydrogen-bond acceptors (Lipinski definition) is 5. The summed E-state index contributed by atoms with van der Waals surface area (Å²) in [5.74, 6) is 1.81.